The molecule has 0 atom stereocenters. The van der Waals surface area contributed by atoms with Gasteiger partial charge in [0, 0.05) is 134 Å². The zero-order chi connectivity index (χ0) is 71.8. The van der Waals surface area contributed by atoms with E-state index in [0.717, 1.165) is 0 Å². The summed E-state index contributed by atoms with van der Waals surface area (Å²) in [7, 11) is 16.9. The van der Waals surface area contributed by atoms with Crippen LogP contribution in [0.2, 0.25) is 0 Å². The van der Waals surface area contributed by atoms with Crippen LogP contribution in [0, 0.1) is 34.6 Å². The first-order valence-electron chi connectivity index (χ1n) is 35.4. The van der Waals surface area contributed by atoms with Gasteiger partial charge in [0.25, 0.3) is 0 Å². The van der Waals surface area contributed by atoms with Crippen molar-refractivity contribution in [2.24, 2.45) is 56.4 Å². The molecule has 8 nitrogen and oxygen atoms in total. The first-order valence-corrected chi connectivity index (χ1v) is 35.4. The van der Waals surface area contributed by atoms with Crippen LogP contribution >= 0.6 is 0 Å². The monoisotopic (exact) mass is 1340 g/mol. The fourth-order valence-electron chi connectivity index (χ4n) is 14.7. The van der Waals surface area contributed by atoms with Gasteiger partial charge < -0.3 is 0 Å². The first kappa shape index (κ1) is 69.2. The summed E-state index contributed by atoms with van der Waals surface area (Å²) in [6.07, 6.45) is 15.0. The molecule has 0 unspecified atom stereocenters. The highest BCUT2D eigenvalue weighted by Crippen LogP contribution is 2.36. The minimum absolute atomic E-state index is 1.22. The number of pyridine rings is 8. The number of fused-ring (bicyclic) bond motifs is 3. The predicted octanol–water partition coefficient (Wildman–Crippen LogP) is 17.3. The van der Waals surface area contributed by atoms with Crippen molar-refractivity contribution in [2.45, 2.75) is 34.6 Å². The third-order valence-corrected chi connectivity index (χ3v) is 20.4. The topological polar surface area (TPSA) is 31.0 Å². The molecule has 0 aliphatic heterocycles. The summed E-state index contributed by atoms with van der Waals surface area (Å²) in [4.78, 5) is 0. The van der Waals surface area contributed by atoms with Gasteiger partial charge in [-0.25, -0.2) is 32.0 Å². The van der Waals surface area contributed by atoms with Crippen LogP contribution in [0.25, 0.3) is 134 Å². The Morgan fingerprint density at radius 3 is 1.09 bits per heavy atom. The van der Waals surface area contributed by atoms with Crippen LogP contribution in [-0.2, 0) is 56.4 Å². The molecule has 16 aromatic rings. The number of para-hydroxylation sites is 1. The summed E-state index contributed by atoms with van der Waals surface area (Å²) >= 11 is 0. The van der Waals surface area contributed by atoms with Crippen molar-refractivity contribution in [2.75, 3.05) is 0 Å². The van der Waals surface area contributed by atoms with Crippen molar-refractivity contribution in [1.82, 2.24) is 0 Å². The van der Waals surface area contributed by atoms with Crippen molar-refractivity contribution < 1.29 is 36.5 Å². The van der Waals surface area contributed by atoms with E-state index >= 15 is 0 Å². The molecule has 0 bridgehead atoms. The number of hydrogen-bond donors (Lipinski definition) is 0. The van der Waals surface area contributed by atoms with E-state index in [4.69, 9.17) is 0 Å². The van der Waals surface area contributed by atoms with Crippen LogP contribution in [0.5, 0.6) is 0 Å². The molecule has 0 spiro atoms. The number of nitrogens with zero attached hydrogens (tertiary/aromatic N) is 8. The van der Waals surface area contributed by atoms with Gasteiger partial charge in [-0.3, -0.25) is 0 Å². The number of benzene rings is 8. The third-order valence-electron chi connectivity index (χ3n) is 20.4. The van der Waals surface area contributed by atoms with Crippen molar-refractivity contribution in [3.05, 3.63) is 350 Å². The molecule has 0 N–H and O–H groups in total. The molecule has 0 saturated carbocycles. The smallest absolute Gasteiger partial charge is 0.201 e. The van der Waals surface area contributed by atoms with E-state index in [1.807, 2.05) is 0 Å². The highest BCUT2D eigenvalue weighted by Gasteiger charge is 2.26. The lowest BCUT2D eigenvalue weighted by Gasteiger charge is -2.11. The van der Waals surface area contributed by atoms with Crippen LogP contribution in [-0.4, -0.2) is 0 Å². The molecule has 0 aliphatic carbocycles. The largest absolute Gasteiger partial charge is 0.220 e. The van der Waals surface area contributed by atoms with E-state index in [9.17, 15) is 0 Å². The van der Waals surface area contributed by atoms with Gasteiger partial charge in [-0.05, 0) is 176 Å². The molecule has 8 heterocycles. The molecule has 0 fully saturated rings. The predicted molar refractivity (Wildman–Crippen MR) is 420 cm³/mol. The molecular weight excluding hydrogens is 1250 g/mol. The minimum Gasteiger partial charge on any atom is -0.201 e. The fourth-order valence-corrected chi connectivity index (χ4v) is 14.7. The molecule has 8 aromatic heterocycles. The summed E-state index contributed by atoms with van der Waals surface area (Å²) in [6, 6.07) is 99.1. The Hall–Kier alpha value is -12.3. The fraction of sp³-hybridized carbons (Fsp3) is 0.137. The van der Waals surface area contributed by atoms with Gasteiger partial charge in [0.05, 0.1) is 10.9 Å². The Balaban J connectivity index is 0.000000122. The summed E-state index contributed by atoms with van der Waals surface area (Å²) in [5.74, 6) is 0. The number of rotatable bonds is 9. The van der Waals surface area contributed by atoms with Crippen LogP contribution in [0.15, 0.2) is 322 Å². The molecule has 0 amide bonds. The zero-order valence-corrected chi connectivity index (χ0v) is 61.7. The second-order valence-electron chi connectivity index (χ2n) is 27.0. The number of hydrogen-bond acceptors (Lipinski definition) is 0. The number of aryl methyl sites for hydroxylation is 9. The average molecular weight is 1350 g/mol. The Morgan fingerprint density at radius 1 is 0.214 bits per heavy atom. The Morgan fingerprint density at radius 2 is 0.592 bits per heavy atom. The van der Waals surface area contributed by atoms with E-state index in [0.29, 0.717) is 0 Å². The van der Waals surface area contributed by atoms with E-state index in [-0.39, 0.29) is 0 Å². The summed E-state index contributed by atoms with van der Waals surface area (Å²) in [5, 5.41) is 6.34. The van der Waals surface area contributed by atoms with Crippen molar-refractivity contribution in [3.63, 3.8) is 0 Å². The first-order chi connectivity index (χ1) is 50.0. The summed E-state index contributed by atoms with van der Waals surface area (Å²) in [5.41, 5.74) is 30.3. The average Bonchev–Trinajstić information content (AvgIpc) is 0.811. The van der Waals surface area contributed by atoms with Crippen molar-refractivity contribution in [3.8, 4) is 101 Å². The second-order valence-corrected chi connectivity index (χ2v) is 27.0. The van der Waals surface area contributed by atoms with Crippen molar-refractivity contribution >= 4 is 32.4 Å². The van der Waals surface area contributed by atoms with Crippen LogP contribution < -0.4 is 36.5 Å². The highest BCUT2D eigenvalue weighted by atomic mass is 15.0. The molecule has 504 valence electrons. The Bertz CT molecular complexity index is 5710. The number of aromatic nitrogens is 8. The maximum atomic E-state index is 2.30. The lowest BCUT2D eigenvalue weighted by Crippen LogP contribution is -2.32. The van der Waals surface area contributed by atoms with E-state index in [1.54, 1.807) is 0 Å². The Kier molecular flexibility index (Phi) is 20.6. The second kappa shape index (κ2) is 30.7. The normalized spacial score (nSPS) is 11.0. The molecule has 8 heteroatoms. The van der Waals surface area contributed by atoms with Crippen LogP contribution in [0.3, 0.4) is 0 Å². The maximum Gasteiger partial charge on any atom is 0.220 e. The summed E-state index contributed by atoms with van der Waals surface area (Å²) < 4.78 is 17.7. The summed E-state index contributed by atoms with van der Waals surface area (Å²) in [6.45, 7) is 11.1. The third kappa shape index (κ3) is 14.4. The lowest BCUT2D eigenvalue weighted by molar-refractivity contribution is -0.660. The van der Waals surface area contributed by atoms with Crippen LogP contribution in [0.1, 0.15) is 27.8 Å². The molecule has 0 saturated heterocycles. The van der Waals surface area contributed by atoms with Gasteiger partial charge >= 0.3 is 0 Å². The van der Waals surface area contributed by atoms with Gasteiger partial charge in [0.1, 0.15) is 56.4 Å². The SMILES string of the molecule is Cc1c(-c2cccc[n+]2C)cccc1-c1c2ccccc2cc[n+]1C.Cc1c(-c2cccc[n+]2C)cccc1-c1cc2ccccc2c[n+]1C.Cc1c(-c2cccc[n+]2C)cccc1-c1ccc2ccccc2[n+]1C.Cc1cc(-c2cccc(-c3cccc[n+]3C)c2C)[n+](C)cc1-c1ccccc1. The van der Waals surface area contributed by atoms with Gasteiger partial charge in [0.2, 0.25) is 51.1 Å². The molecular formula is C95H92N8+8. The quantitative estimate of drug-likeness (QED) is 0.129. The van der Waals surface area contributed by atoms with Gasteiger partial charge in [-0.1, -0.05) is 103 Å². The Labute approximate surface area is 607 Å². The lowest BCUT2D eigenvalue weighted by atomic mass is 9.94. The zero-order valence-electron chi connectivity index (χ0n) is 61.7. The van der Waals surface area contributed by atoms with E-state index in [2.05, 4.69) is 450 Å². The van der Waals surface area contributed by atoms with E-state index < -0.39 is 0 Å². The van der Waals surface area contributed by atoms with Crippen molar-refractivity contribution in [1.29, 1.82) is 0 Å². The molecule has 16 rings (SSSR count). The van der Waals surface area contributed by atoms with E-state index in [1.165, 1.54) is 161 Å². The van der Waals surface area contributed by atoms with Gasteiger partial charge in [-0.2, -0.15) is 4.57 Å². The molecule has 103 heavy (non-hydrogen) atoms. The standard InChI is InChI=1S/C26H26N2.3C23H22N2/c1-19-17-26(28(4)18-24(19)21-11-6-5-7-12-21)23-14-10-13-22(20(23)2)25-15-8-9-16-27(25)3;1-17-19(22-13-6-7-16-24(22)2)10-8-11-20(17)23-15-14-18-9-4-5-12-21(18)25(23)3;1-17-19(22-13-6-7-15-24(22)2)11-8-12-20(17)23-21-10-5-4-9-18(21)14-16-25(23)3;1-17-20(22-13-6-7-14-24(22)2)11-8-12-21(17)23-15-18-9-4-5-10-19(18)16-25(23)3/h5-18H,1-4H3;3*4-16H,1-3H3/q4*+2. The van der Waals surface area contributed by atoms with Gasteiger partial charge in [0.15, 0.2) is 43.4 Å². The van der Waals surface area contributed by atoms with Gasteiger partial charge in [-0.15, -0.1) is 0 Å². The molecule has 8 aromatic carbocycles. The maximum absolute atomic E-state index is 2.30. The highest BCUT2D eigenvalue weighted by molar-refractivity contribution is 5.95. The minimum atomic E-state index is 1.22. The molecule has 0 aliphatic rings. The molecule has 0 radical (unpaired) electrons. The van der Waals surface area contributed by atoms with Crippen LogP contribution in [0.4, 0.5) is 0 Å².